The Balaban J connectivity index is 2.12. The zero-order valence-corrected chi connectivity index (χ0v) is 19.0. The summed E-state index contributed by atoms with van der Waals surface area (Å²) < 4.78 is 51.4. The third-order valence-electron chi connectivity index (χ3n) is 4.01. The van der Waals surface area contributed by atoms with E-state index >= 15 is 0 Å². The highest BCUT2D eigenvalue weighted by Gasteiger charge is 2.46. The number of hydrogen-bond donors (Lipinski definition) is 7. The molecule has 1 aliphatic heterocycles. The van der Waals surface area contributed by atoms with Crippen LogP contribution in [0.15, 0.2) is 11.0 Å². The topological polar surface area (TPSA) is 270 Å². The lowest BCUT2D eigenvalue weighted by molar-refractivity contribution is -0.0542. The smallest absolute Gasteiger partial charge is 0.387 e. The van der Waals surface area contributed by atoms with Gasteiger partial charge in [-0.15, -0.1) is 0 Å². The third-order valence-corrected chi connectivity index (χ3v) is 7.81. The normalized spacial score (nSPS) is 27.7. The summed E-state index contributed by atoms with van der Waals surface area (Å²) in [5.41, 5.74) is 5.23. The molecule has 0 spiro atoms. The molecule has 2 heterocycles. The van der Waals surface area contributed by atoms with Crippen molar-refractivity contribution in [3.63, 3.8) is 0 Å². The molecule has 0 aromatic carbocycles. The van der Waals surface area contributed by atoms with Crippen molar-refractivity contribution in [1.82, 2.24) is 9.55 Å². The summed E-state index contributed by atoms with van der Waals surface area (Å²) in [4.78, 5) is 51.3. The molecule has 0 bridgehead atoms. The molecule has 1 aromatic heterocycles. The Morgan fingerprint density at radius 2 is 1.75 bits per heavy atom. The minimum absolute atomic E-state index is 0.0228. The molecule has 184 valence electrons. The van der Waals surface area contributed by atoms with E-state index in [4.69, 9.17) is 25.2 Å². The van der Waals surface area contributed by atoms with Gasteiger partial charge in [-0.1, -0.05) is 13.3 Å². The number of phosphoric acid groups is 3. The quantitative estimate of drug-likeness (QED) is 0.176. The summed E-state index contributed by atoms with van der Waals surface area (Å²) in [6.45, 7) is 0.829. The number of nitrogens with zero attached hydrogens (tertiary/aromatic N) is 2. The summed E-state index contributed by atoms with van der Waals surface area (Å²) >= 11 is 0. The second-order valence-corrected chi connectivity index (χ2v) is 10.9. The Kier molecular flexibility index (Phi) is 8.57. The van der Waals surface area contributed by atoms with Crippen LogP contribution in [0.1, 0.15) is 25.1 Å². The van der Waals surface area contributed by atoms with Gasteiger partial charge in [-0.3, -0.25) is 9.09 Å². The second-order valence-electron chi connectivity index (χ2n) is 6.52. The van der Waals surface area contributed by atoms with Gasteiger partial charge in [-0.05, 0) is 6.42 Å². The number of rotatable bonds is 10. The molecule has 17 nitrogen and oxygen atoms in total. The van der Waals surface area contributed by atoms with Crippen molar-refractivity contribution >= 4 is 29.3 Å². The van der Waals surface area contributed by atoms with Gasteiger partial charge in [-0.25, -0.2) is 18.5 Å². The van der Waals surface area contributed by atoms with Gasteiger partial charge in [0.1, 0.15) is 24.1 Å². The van der Waals surface area contributed by atoms with Gasteiger partial charge in [0.05, 0.1) is 6.61 Å². The first-order valence-corrected chi connectivity index (χ1v) is 13.2. The predicted molar refractivity (Wildman–Crippen MR) is 103 cm³/mol. The first-order chi connectivity index (χ1) is 14.6. The molecule has 1 fully saturated rings. The summed E-state index contributed by atoms with van der Waals surface area (Å²) in [5, 5.41) is 20.4. The first kappa shape index (κ1) is 27.2. The van der Waals surface area contributed by atoms with E-state index in [0.717, 1.165) is 4.57 Å². The van der Waals surface area contributed by atoms with Crippen LogP contribution in [0.3, 0.4) is 0 Å². The Hall–Kier alpha value is -1.03. The van der Waals surface area contributed by atoms with Gasteiger partial charge < -0.3 is 40.3 Å². The van der Waals surface area contributed by atoms with E-state index in [2.05, 4.69) is 18.1 Å². The maximum Gasteiger partial charge on any atom is 0.490 e. The van der Waals surface area contributed by atoms with Crippen LogP contribution in [-0.2, 0) is 38.0 Å². The standard InChI is InChI=1S/C12H22N3O14P3/c1-2-3-6-4-15(12(18)14-10(6)13)11-9(17)8(16)7(27-11)5-26-31(22,23)29-32(24,25)28-30(19,20)21/h4,7-9,11,16-17H,2-3,5H2,1H3,(H,22,23)(H,24,25)(H2,13,14,18)(H2,19,20,21)/t7-,8-,9-,11-/m1/s1. The van der Waals surface area contributed by atoms with Gasteiger partial charge in [0.2, 0.25) is 0 Å². The van der Waals surface area contributed by atoms with Gasteiger partial charge in [-0.2, -0.15) is 13.6 Å². The summed E-state index contributed by atoms with van der Waals surface area (Å²) in [7, 11) is -16.8. The Labute approximate surface area is 179 Å². The molecule has 1 aromatic rings. The monoisotopic (exact) mass is 525 g/mol. The van der Waals surface area contributed by atoms with Crippen molar-refractivity contribution in [2.45, 2.75) is 44.3 Å². The molecule has 0 amide bonds. The number of nitrogens with two attached hydrogens (primary N) is 1. The minimum Gasteiger partial charge on any atom is -0.387 e. The van der Waals surface area contributed by atoms with Gasteiger partial charge >= 0.3 is 29.2 Å². The molecule has 0 aliphatic carbocycles. The maximum atomic E-state index is 12.2. The lowest BCUT2D eigenvalue weighted by atomic mass is 10.1. The molecular weight excluding hydrogens is 503 g/mol. The van der Waals surface area contributed by atoms with Crippen molar-refractivity contribution < 1.29 is 61.4 Å². The van der Waals surface area contributed by atoms with E-state index in [0.29, 0.717) is 18.4 Å². The van der Waals surface area contributed by atoms with Crippen LogP contribution < -0.4 is 11.4 Å². The molecule has 2 rings (SSSR count). The van der Waals surface area contributed by atoms with Crippen LogP contribution in [0.2, 0.25) is 0 Å². The van der Waals surface area contributed by atoms with E-state index in [1.54, 1.807) is 0 Å². The van der Waals surface area contributed by atoms with Gasteiger partial charge in [0.25, 0.3) is 0 Å². The number of phosphoric ester groups is 1. The zero-order chi connectivity index (χ0) is 24.5. The van der Waals surface area contributed by atoms with Crippen LogP contribution in [0.4, 0.5) is 5.82 Å². The van der Waals surface area contributed by atoms with Crippen LogP contribution in [0, 0.1) is 0 Å². The molecule has 20 heteroatoms. The molecular formula is C12H22N3O14P3. The number of aryl methyl sites for hydroxylation is 1. The molecule has 0 radical (unpaired) electrons. The minimum atomic E-state index is -5.73. The number of ether oxygens (including phenoxy) is 1. The molecule has 1 saturated heterocycles. The maximum absolute atomic E-state index is 12.2. The average molecular weight is 525 g/mol. The van der Waals surface area contributed by atoms with Gasteiger partial charge in [0, 0.05) is 11.8 Å². The molecule has 2 unspecified atom stereocenters. The van der Waals surface area contributed by atoms with Crippen LogP contribution in [0.25, 0.3) is 0 Å². The number of aliphatic hydroxyl groups is 2. The highest BCUT2D eigenvalue weighted by Crippen LogP contribution is 2.66. The molecule has 8 N–H and O–H groups in total. The lowest BCUT2D eigenvalue weighted by Crippen LogP contribution is -2.36. The van der Waals surface area contributed by atoms with E-state index in [-0.39, 0.29) is 5.82 Å². The number of hydrogen-bond acceptors (Lipinski definition) is 12. The molecule has 32 heavy (non-hydrogen) atoms. The first-order valence-electron chi connectivity index (χ1n) is 8.72. The van der Waals surface area contributed by atoms with E-state index in [1.807, 2.05) is 6.92 Å². The van der Waals surface area contributed by atoms with Crippen LogP contribution >= 0.6 is 23.5 Å². The van der Waals surface area contributed by atoms with Crippen LogP contribution in [-0.4, -0.2) is 64.3 Å². The predicted octanol–water partition coefficient (Wildman–Crippen LogP) is -1.26. The fourth-order valence-electron chi connectivity index (χ4n) is 2.73. The number of aliphatic hydroxyl groups excluding tert-OH is 2. The fraction of sp³-hybridized carbons (Fsp3) is 0.667. The SMILES string of the molecule is CCCc1cn([C@@H]2O[C@H](COP(=O)(O)OP(=O)(O)OP(=O)(O)O)[C@@H](O)[C@H]2O)c(=O)nc1N. The van der Waals surface area contributed by atoms with Crippen LogP contribution in [0.5, 0.6) is 0 Å². The van der Waals surface area contributed by atoms with Gasteiger partial charge in [0.15, 0.2) is 6.23 Å². The summed E-state index contributed by atoms with van der Waals surface area (Å²) in [5.74, 6) is -0.0228. The fourth-order valence-corrected chi connectivity index (χ4v) is 5.76. The van der Waals surface area contributed by atoms with E-state index in [9.17, 15) is 33.6 Å². The Bertz CT molecular complexity index is 1030. The van der Waals surface area contributed by atoms with Crippen molar-refractivity contribution in [2.75, 3.05) is 12.3 Å². The number of anilines is 1. The Morgan fingerprint density at radius 3 is 2.31 bits per heavy atom. The Morgan fingerprint density at radius 1 is 1.12 bits per heavy atom. The second kappa shape index (κ2) is 10.1. The molecule has 0 saturated carbocycles. The molecule has 6 atom stereocenters. The highest BCUT2D eigenvalue weighted by molar-refractivity contribution is 7.66. The summed E-state index contributed by atoms with van der Waals surface area (Å²) in [6, 6.07) is 0. The lowest BCUT2D eigenvalue weighted by Gasteiger charge is -2.19. The van der Waals surface area contributed by atoms with Crippen molar-refractivity contribution in [1.29, 1.82) is 0 Å². The summed E-state index contributed by atoms with van der Waals surface area (Å²) in [6.07, 6.45) is -4.13. The third kappa shape index (κ3) is 7.23. The van der Waals surface area contributed by atoms with Crippen molar-refractivity contribution in [3.05, 3.63) is 22.2 Å². The van der Waals surface area contributed by atoms with Crippen molar-refractivity contribution in [3.8, 4) is 0 Å². The average Bonchev–Trinajstić information content (AvgIpc) is 2.87. The van der Waals surface area contributed by atoms with E-state index < -0.39 is 60.3 Å². The van der Waals surface area contributed by atoms with E-state index in [1.165, 1.54) is 6.20 Å². The number of nitrogen functional groups attached to an aromatic ring is 1. The largest absolute Gasteiger partial charge is 0.490 e. The van der Waals surface area contributed by atoms with Crippen molar-refractivity contribution in [2.24, 2.45) is 0 Å². The zero-order valence-electron chi connectivity index (χ0n) is 16.3. The molecule has 1 aliphatic rings. The highest BCUT2D eigenvalue weighted by atomic mass is 31.3. The number of aromatic nitrogens is 2.